The lowest BCUT2D eigenvalue weighted by atomic mass is 10.1. The SMILES string of the molecule is COc1cc(CCCN2CCN(c3ccccc3OC)CC2)c(-n2cccc2)cc1OC. The molecule has 0 atom stereocenters. The van der Waals surface area contributed by atoms with Crippen molar-refractivity contribution in [2.45, 2.75) is 12.8 Å². The molecule has 1 aliphatic rings. The molecule has 0 aliphatic carbocycles. The third-order valence-electron chi connectivity index (χ3n) is 6.19. The number of rotatable bonds is 9. The van der Waals surface area contributed by atoms with Gasteiger partial charge in [0.25, 0.3) is 0 Å². The van der Waals surface area contributed by atoms with Crippen molar-refractivity contribution in [3.05, 3.63) is 66.5 Å². The molecule has 6 nitrogen and oxygen atoms in total. The van der Waals surface area contributed by atoms with E-state index in [0.717, 1.165) is 68.5 Å². The molecule has 0 bridgehead atoms. The number of anilines is 1. The van der Waals surface area contributed by atoms with E-state index in [0.29, 0.717) is 0 Å². The third-order valence-corrected chi connectivity index (χ3v) is 6.19. The maximum Gasteiger partial charge on any atom is 0.162 e. The number of aromatic nitrogens is 1. The average Bonchev–Trinajstić information content (AvgIpc) is 3.39. The van der Waals surface area contributed by atoms with Gasteiger partial charge in [-0.05, 0) is 55.3 Å². The van der Waals surface area contributed by atoms with Gasteiger partial charge >= 0.3 is 0 Å². The average molecular weight is 436 g/mol. The van der Waals surface area contributed by atoms with Gasteiger partial charge in [-0.25, -0.2) is 0 Å². The van der Waals surface area contributed by atoms with E-state index in [1.54, 1.807) is 21.3 Å². The van der Waals surface area contributed by atoms with Gasteiger partial charge < -0.3 is 23.7 Å². The molecule has 0 saturated carbocycles. The van der Waals surface area contributed by atoms with Gasteiger partial charge in [0.2, 0.25) is 0 Å². The normalized spacial score (nSPS) is 14.4. The Morgan fingerprint density at radius 2 is 1.38 bits per heavy atom. The van der Waals surface area contributed by atoms with Crippen LogP contribution in [0.25, 0.3) is 5.69 Å². The molecule has 1 aliphatic heterocycles. The maximum atomic E-state index is 5.56. The molecule has 1 aromatic heterocycles. The van der Waals surface area contributed by atoms with Crippen LogP contribution in [-0.4, -0.2) is 63.5 Å². The van der Waals surface area contributed by atoms with Gasteiger partial charge in [-0.2, -0.15) is 0 Å². The quantitative estimate of drug-likeness (QED) is 0.502. The summed E-state index contributed by atoms with van der Waals surface area (Å²) in [7, 11) is 5.12. The number of hydrogen-bond donors (Lipinski definition) is 0. The Balaban J connectivity index is 1.37. The lowest BCUT2D eigenvalue weighted by Crippen LogP contribution is -2.46. The first-order valence-corrected chi connectivity index (χ1v) is 11.2. The Morgan fingerprint density at radius 1 is 0.719 bits per heavy atom. The lowest BCUT2D eigenvalue weighted by Gasteiger charge is -2.36. The molecule has 1 saturated heterocycles. The minimum Gasteiger partial charge on any atom is -0.495 e. The topological polar surface area (TPSA) is 39.1 Å². The van der Waals surface area contributed by atoms with Crippen LogP contribution in [0, 0.1) is 0 Å². The molecule has 0 amide bonds. The van der Waals surface area contributed by atoms with E-state index in [-0.39, 0.29) is 0 Å². The number of hydrogen-bond acceptors (Lipinski definition) is 5. The predicted octanol–water partition coefficient (Wildman–Crippen LogP) is 4.26. The molecule has 170 valence electrons. The Bertz CT molecular complexity index is 996. The van der Waals surface area contributed by atoms with E-state index in [9.17, 15) is 0 Å². The number of benzene rings is 2. The van der Waals surface area contributed by atoms with E-state index in [1.165, 1.54) is 11.3 Å². The summed E-state index contributed by atoms with van der Waals surface area (Å²) in [5.41, 5.74) is 3.61. The van der Waals surface area contributed by atoms with Gasteiger partial charge in [-0.3, -0.25) is 4.90 Å². The molecule has 3 aromatic rings. The molecule has 0 N–H and O–H groups in total. The second kappa shape index (κ2) is 10.5. The Kier molecular flexibility index (Phi) is 7.22. The number of para-hydroxylation sites is 2. The van der Waals surface area contributed by atoms with E-state index < -0.39 is 0 Å². The summed E-state index contributed by atoms with van der Waals surface area (Å²) in [5.74, 6) is 2.49. The van der Waals surface area contributed by atoms with Gasteiger partial charge in [-0.15, -0.1) is 0 Å². The number of nitrogens with zero attached hydrogens (tertiary/aromatic N) is 3. The molecule has 4 rings (SSSR count). The number of ether oxygens (including phenoxy) is 3. The van der Waals surface area contributed by atoms with Crippen LogP contribution < -0.4 is 19.1 Å². The summed E-state index contributed by atoms with van der Waals surface area (Å²) in [5, 5.41) is 0. The van der Waals surface area contributed by atoms with Crippen LogP contribution in [0.2, 0.25) is 0 Å². The van der Waals surface area contributed by atoms with Crippen molar-refractivity contribution >= 4 is 5.69 Å². The second-order valence-corrected chi connectivity index (χ2v) is 8.03. The smallest absolute Gasteiger partial charge is 0.162 e. The summed E-state index contributed by atoms with van der Waals surface area (Å²) in [4.78, 5) is 4.98. The van der Waals surface area contributed by atoms with Crippen LogP contribution in [0.5, 0.6) is 17.2 Å². The predicted molar refractivity (Wildman–Crippen MR) is 129 cm³/mol. The zero-order valence-electron chi connectivity index (χ0n) is 19.3. The highest BCUT2D eigenvalue weighted by Gasteiger charge is 2.19. The van der Waals surface area contributed by atoms with Crippen molar-refractivity contribution in [1.82, 2.24) is 9.47 Å². The molecule has 2 heterocycles. The summed E-state index contributed by atoms with van der Waals surface area (Å²) in [6.45, 7) is 5.25. The zero-order valence-corrected chi connectivity index (χ0v) is 19.3. The Morgan fingerprint density at radius 3 is 2.06 bits per heavy atom. The van der Waals surface area contributed by atoms with Crippen LogP contribution in [-0.2, 0) is 6.42 Å². The molecular formula is C26H33N3O3. The molecule has 0 unspecified atom stereocenters. The van der Waals surface area contributed by atoms with Gasteiger partial charge in [-0.1, -0.05) is 12.1 Å². The zero-order chi connectivity index (χ0) is 22.3. The van der Waals surface area contributed by atoms with E-state index >= 15 is 0 Å². The van der Waals surface area contributed by atoms with E-state index in [1.807, 2.05) is 24.3 Å². The minimum absolute atomic E-state index is 0.757. The highest BCUT2D eigenvalue weighted by atomic mass is 16.5. The van der Waals surface area contributed by atoms with Crippen LogP contribution in [0.4, 0.5) is 5.69 Å². The first-order chi connectivity index (χ1) is 15.7. The molecule has 0 spiro atoms. The number of piperazine rings is 1. The van der Waals surface area contributed by atoms with Crippen molar-refractivity contribution in [3.8, 4) is 22.9 Å². The summed E-state index contributed by atoms with van der Waals surface area (Å²) in [6.07, 6.45) is 6.22. The highest BCUT2D eigenvalue weighted by molar-refractivity contribution is 5.58. The standard InChI is InChI=1S/C26H33N3O3/c1-30-24-11-5-4-10-22(24)29-17-15-27(16-18-29)12-8-9-21-19-25(31-2)26(32-3)20-23(21)28-13-6-7-14-28/h4-7,10-11,13-14,19-20H,8-9,12,15-18H2,1-3H3. The van der Waals surface area contributed by atoms with Crippen molar-refractivity contribution in [1.29, 1.82) is 0 Å². The van der Waals surface area contributed by atoms with Crippen molar-refractivity contribution in [3.63, 3.8) is 0 Å². The van der Waals surface area contributed by atoms with E-state index in [2.05, 4.69) is 51.0 Å². The molecule has 2 aromatic carbocycles. The van der Waals surface area contributed by atoms with Crippen LogP contribution in [0.15, 0.2) is 60.9 Å². The largest absolute Gasteiger partial charge is 0.495 e. The minimum atomic E-state index is 0.757. The molecule has 6 heteroatoms. The van der Waals surface area contributed by atoms with Crippen molar-refractivity contribution in [2.75, 3.05) is 59.0 Å². The van der Waals surface area contributed by atoms with Crippen LogP contribution >= 0.6 is 0 Å². The monoisotopic (exact) mass is 435 g/mol. The van der Waals surface area contributed by atoms with Gasteiger partial charge in [0, 0.05) is 44.6 Å². The summed E-state index contributed by atoms with van der Waals surface area (Å²) in [6, 6.07) is 16.6. The third kappa shape index (κ3) is 4.86. The van der Waals surface area contributed by atoms with Crippen LogP contribution in [0.3, 0.4) is 0 Å². The summed E-state index contributed by atoms with van der Waals surface area (Å²) < 4.78 is 18.8. The molecule has 1 fully saturated rings. The summed E-state index contributed by atoms with van der Waals surface area (Å²) >= 11 is 0. The maximum absolute atomic E-state index is 5.56. The van der Waals surface area contributed by atoms with Crippen molar-refractivity contribution < 1.29 is 14.2 Å². The fraction of sp³-hybridized carbons (Fsp3) is 0.385. The molecular weight excluding hydrogens is 402 g/mol. The lowest BCUT2D eigenvalue weighted by molar-refractivity contribution is 0.254. The molecule has 32 heavy (non-hydrogen) atoms. The Hall–Kier alpha value is -3.12. The van der Waals surface area contributed by atoms with Crippen molar-refractivity contribution in [2.24, 2.45) is 0 Å². The van der Waals surface area contributed by atoms with Crippen LogP contribution in [0.1, 0.15) is 12.0 Å². The second-order valence-electron chi connectivity index (χ2n) is 8.03. The fourth-order valence-corrected chi connectivity index (χ4v) is 4.44. The fourth-order valence-electron chi connectivity index (χ4n) is 4.44. The number of aryl methyl sites for hydroxylation is 1. The number of methoxy groups -OCH3 is 3. The molecule has 0 radical (unpaired) electrons. The Labute approximate surface area is 190 Å². The first kappa shape index (κ1) is 22.1. The van der Waals surface area contributed by atoms with Gasteiger partial charge in [0.15, 0.2) is 11.5 Å². The first-order valence-electron chi connectivity index (χ1n) is 11.2. The highest BCUT2D eigenvalue weighted by Crippen LogP contribution is 2.33. The van der Waals surface area contributed by atoms with Gasteiger partial charge in [0.05, 0.1) is 32.7 Å². The van der Waals surface area contributed by atoms with E-state index in [4.69, 9.17) is 14.2 Å². The van der Waals surface area contributed by atoms with Gasteiger partial charge in [0.1, 0.15) is 5.75 Å².